The zero-order valence-electron chi connectivity index (χ0n) is 15.6. The molecule has 7 nitrogen and oxygen atoms in total. The number of pyridine rings is 1. The van der Waals surface area contributed by atoms with E-state index in [4.69, 9.17) is 0 Å². The summed E-state index contributed by atoms with van der Waals surface area (Å²) in [5, 5.41) is 6.40. The highest BCUT2D eigenvalue weighted by molar-refractivity contribution is 5.63. The van der Waals surface area contributed by atoms with Crippen LogP contribution in [0.1, 0.15) is 18.5 Å². The normalized spacial score (nSPS) is 11.7. The number of benzene rings is 1. The van der Waals surface area contributed by atoms with Crippen LogP contribution in [-0.2, 0) is 0 Å². The van der Waals surface area contributed by atoms with Crippen molar-refractivity contribution in [2.45, 2.75) is 13.0 Å². The average Bonchev–Trinajstić information content (AvgIpc) is 2.75. The molecule has 1 aromatic carbocycles. The molecule has 8 heteroatoms. The van der Waals surface area contributed by atoms with Crippen LogP contribution in [0, 0.1) is 5.82 Å². The summed E-state index contributed by atoms with van der Waals surface area (Å²) in [6.07, 6.45) is 6.51. The number of nitrogens with one attached hydrogen (secondary N) is 2. The zero-order chi connectivity index (χ0) is 20.1. The number of aromatic nitrogens is 5. The lowest BCUT2D eigenvalue weighted by molar-refractivity contribution is 0.626. The highest BCUT2D eigenvalue weighted by Gasteiger charge is 2.12. The maximum Gasteiger partial charge on any atom is 0.225 e. The van der Waals surface area contributed by atoms with Gasteiger partial charge in [0.25, 0.3) is 0 Å². The molecule has 4 rings (SSSR count). The number of anilines is 3. The molecule has 2 N–H and O–H groups in total. The van der Waals surface area contributed by atoms with E-state index in [1.54, 1.807) is 43.0 Å². The molecule has 0 aliphatic rings. The van der Waals surface area contributed by atoms with Gasteiger partial charge in [-0.05, 0) is 36.8 Å². The molecule has 0 spiro atoms. The Balaban J connectivity index is 1.66. The monoisotopic (exact) mass is 387 g/mol. The van der Waals surface area contributed by atoms with Crippen molar-refractivity contribution in [2.24, 2.45) is 0 Å². The minimum atomic E-state index is -0.273. The lowest BCUT2D eigenvalue weighted by Crippen LogP contribution is -2.11. The molecule has 0 bridgehead atoms. The maximum absolute atomic E-state index is 13.2. The van der Waals surface area contributed by atoms with Crippen LogP contribution in [0.2, 0.25) is 0 Å². The van der Waals surface area contributed by atoms with Crippen LogP contribution in [0.25, 0.3) is 11.4 Å². The molecule has 0 aliphatic heterocycles. The largest absolute Gasteiger partial charge is 0.348 e. The van der Waals surface area contributed by atoms with E-state index < -0.39 is 0 Å². The van der Waals surface area contributed by atoms with Crippen molar-refractivity contribution in [3.05, 3.63) is 84.7 Å². The predicted octanol–water partition coefficient (Wildman–Crippen LogP) is 4.38. The van der Waals surface area contributed by atoms with E-state index in [1.165, 1.54) is 12.1 Å². The predicted molar refractivity (Wildman–Crippen MR) is 109 cm³/mol. The molecule has 0 fully saturated rings. The van der Waals surface area contributed by atoms with Crippen LogP contribution in [0.15, 0.2) is 73.3 Å². The molecule has 0 radical (unpaired) electrons. The van der Waals surface area contributed by atoms with Gasteiger partial charge in [-0.25, -0.2) is 14.4 Å². The summed E-state index contributed by atoms with van der Waals surface area (Å²) >= 11 is 0. The standard InChI is InChI=1S/C21H18FN7/c1-14(15-5-7-16(22)8-6-15)26-21-27-18(17-4-2-3-9-24-17)12-19(29-21)28-20-13-23-10-11-25-20/h2-14H,1H3,(H2,25,26,27,28,29). The van der Waals surface area contributed by atoms with Crippen molar-refractivity contribution >= 4 is 17.6 Å². The Bertz CT molecular complexity index is 1070. The lowest BCUT2D eigenvalue weighted by Gasteiger charge is -2.16. The first-order valence-electron chi connectivity index (χ1n) is 9.03. The zero-order valence-corrected chi connectivity index (χ0v) is 15.6. The van der Waals surface area contributed by atoms with E-state index in [-0.39, 0.29) is 11.9 Å². The number of hydrogen-bond acceptors (Lipinski definition) is 7. The van der Waals surface area contributed by atoms with Gasteiger partial charge in [-0.15, -0.1) is 0 Å². The minimum absolute atomic E-state index is 0.126. The lowest BCUT2D eigenvalue weighted by atomic mass is 10.1. The Morgan fingerprint density at radius 2 is 1.72 bits per heavy atom. The minimum Gasteiger partial charge on any atom is -0.348 e. The molecular formula is C21H18FN7. The van der Waals surface area contributed by atoms with Crippen LogP contribution in [0.4, 0.5) is 22.0 Å². The topological polar surface area (TPSA) is 88.5 Å². The van der Waals surface area contributed by atoms with Crippen LogP contribution in [0.3, 0.4) is 0 Å². The quantitative estimate of drug-likeness (QED) is 0.507. The van der Waals surface area contributed by atoms with Crippen LogP contribution < -0.4 is 10.6 Å². The van der Waals surface area contributed by atoms with Gasteiger partial charge >= 0.3 is 0 Å². The third-order valence-electron chi connectivity index (χ3n) is 4.19. The molecule has 0 saturated heterocycles. The van der Waals surface area contributed by atoms with Crippen LogP contribution in [-0.4, -0.2) is 24.9 Å². The van der Waals surface area contributed by atoms with Gasteiger partial charge in [0, 0.05) is 24.7 Å². The number of hydrogen-bond donors (Lipinski definition) is 2. The highest BCUT2D eigenvalue weighted by Crippen LogP contribution is 2.24. The molecule has 0 saturated carbocycles. The second-order valence-electron chi connectivity index (χ2n) is 6.31. The first kappa shape index (κ1) is 18.4. The Morgan fingerprint density at radius 1 is 0.862 bits per heavy atom. The molecule has 3 aromatic heterocycles. The first-order chi connectivity index (χ1) is 14.2. The highest BCUT2D eigenvalue weighted by atomic mass is 19.1. The fourth-order valence-electron chi connectivity index (χ4n) is 2.74. The third kappa shape index (κ3) is 4.67. The maximum atomic E-state index is 13.2. The third-order valence-corrected chi connectivity index (χ3v) is 4.19. The van der Waals surface area contributed by atoms with Gasteiger partial charge in [-0.1, -0.05) is 18.2 Å². The summed E-state index contributed by atoms with van der Waals surface area (Å²) < 4.78 is 13.2. The second-order valence-corrected chi connectivity index (χ2v) is 6.31. The smallest absolute Gasteiger partial charge is 0.225 e. The van der Waals surface area contributed by atoms with Gasteiger partial charge in [0.15, 0.2) is 0 Å². The Morgan fingerprint density at radius 3 is 2.45 bits per heavy atom. The Hall–Kier alpha value is -3.94. The molecular weight excluding hydrogens is 369 g/mol. The first-order valence-corrected chi connectivity index (χ1v) is 9.03. The number of halogens is 1. The summed E-state index contributed by atoms with van der Waals surface area (Å²) in [4.78, 5) is 21.8. The molecule has 1 atom stereocenters. The summed E-state index contributed by atoms with van der Waals surface area (Å²) in [6.45, 7) is 1.96. The van der Waals surface area contributed by atoms with Crippen molar-refractivity contribution in [3.63, 3.8) is 0 Å². The van der Waals surface area contributed by atoms with Gasteiger partial charge in [0.2, 0.25) is 5.95 Å². The summed E-state index contributed by atoms with van der Waals surface area (Å²) in [7, 11) is 0. The van der Waals surface area contributed by atoms with Gasteiger partial charge in [0.1, 0.15) is 17.5 Å². The summed E-state index contributed by atoms with van der Waals surface area (Å²) in [5.41, 5.74) is 2.29. The SMILES string of the molecule is CC(Nc1nc(Nc2cnccn2)cc(-c2ccccn2)n1)c1ccc(F)cc1. The Labute approximate surface area is 167 Å². The molecule has 0 amide bonds. The summed E-state index contributed by atoms with van der Waals surface area (Å²) in [6, 6.07) is 13.6. The number of rotatable bonds is 6. The van der Waals surface area contributed by atoms with Crippen molar-refractivity contribution < 1.29 is 4.39 Å². The van der Waals surface area contributed by atoms with Gasteiger partial charge in [-0.2, -0.15) is 4.98 Å². The van der Waals surface area contributed by atoms with Gasteiger partial charge < -0.3 is 10.6 Å². The second kappa shape index (κ2) is 8.39. The van der Waals surface area contributed by atoms with E-state index in [2.05, 4.69) is 35.6 Å². The van der Waals surface area contributed by atoms with E-state index in [0.29, 0.717) is 23.3 Å². The van der Waals surface area contributed by atoms with Crippen LogP contribution in [0.5, 0.6) is 0 Å². The van der Waals surface area contributed by atoms with Crippen molar-refractivity contribution in [3.8, 4) is 11.4 Å². The summed E-state index contributed by atoms with van der Waals surface area (Å²) in [5.74, 6) is 1.26. The van der Waals surface area contributed by atoms with Gasteiger partial charge in [0.05, 0.1) is 23.6 Å². The van der Waals surface area contributed by atoms with E-state index >= 15 is 0 Å². The average molecular weight is 387 g/mol. The molecule has 29 heavy (non-hydrogen) atoms. The number of nitrogens with zero attached hydrogens (tertiary/aromatic N) is 5. The van der Waals surface area contributed by atoms with E-state index in [0.717, 1.165) is 11.3 Å². The molecule has 1 unspecified atom stereocenters. The van der Waals surface area contributed by atoms with Crippen LogP contribution >= 0.6 is 0 Å². The van der Waals surface area contributed by atoms with Crippen molar-refractivity contribution in [1.29, 1.82) is 0 Å². The fraction of sp³-hybridized carbons (Fsp3) is 0.0952. The fourth-order valence-corrected chi connectivity index (χ4v) is 2.74. The molecule has 144 valence electrons. The van der Waals surface area contributed by atoms with E-state index in [9.17, 15) is 4.39 Å². The Kier molecular flexibility index (Phi) is 5.33. The molecule has 4 aromatic rings. The van der Waals surface area contributed by atoms with Crippen molar-refractivity contribution in [1.82, 2.24) is 24.9 Å². The molecule has 0 aliphatic carbocycles. The van der Waals surface area contributed by atoms with E-state index in [1.807, 2.05) is 25.1 Å². The molecule has 3 heterocycles. The van der Waals surface area contributed by atoms with Gasteiger partial charge in [-0.3, -0.25) is 9.97 Å². The van der Waals surface area contributed by atoms with Crippen molar-refractivity contribution in [2.75, 3.05) is 10.6 Å².